The lowest BCUT2D eigenvalue weighted by atomic mass is 10.1. The molecule has 1 aromatic heterocycles. The van der Waals surface area contributed by atoms with Gasteiger partial charge in [-0.15, -0.1) is 0 Å². The highest BCUT2D eigenvalue weighted by atomic mass is 16.5. The first-order valence-electron chi connectivity index (χ1n) is 11.0. The van der Waals surface area contributed by atoms with Gasteiger partial charge in [-0.1, -0.05) is 42.5 Å². The molecular formula is C26H28N2O5. The molecule has 3 aromatic rings. The second kappa shape index (κ2) is 10.9. The third-order valence-corrected chi connectivity index (χ3v) is 5.72. The molecule has 0 amide bonds. The lowest BCUT2D eigenvalue weighted by molar-refractivity contribution is 0.0600. The van der Waals surface area contributed by atoms with Crippen LogP contribution in [0.4, 0.5) is 0 Å². The van der Waals surface area contributed by atoms with Crippen molar-refractivity contribution in [3.63, 3.8) is 0 Å². The molecule has 0 aliphatic carbocycles. The summed E-state index contributed by atoms with van der Waals surface area (Å²) in [5.41, 5.74) is 2.42. The predicted octanol–water partition coefficient (Wildman–Crippen LogP) is 3.32. The van der Waals surface area contributed by atoms with Gasteiger partial charge < -0.3 is 13.9 Å². The van der Waals surface area contributed by atoms with E-state index in [1.54, 1.807) is 24.3 Å². The Hall–Kier alpha value is -3.42. The molecule has 0 bridgehead atoms. The normalized spacial score (nSPS) is 14.7. The van der Waals surface area contributed by atoms with Crippen LogP contribution >= 0.6 is 0 Å². The topological polar surface area (TPSA) is 72.2 Å². The molecule has 1 aliphatic heterocycles. The van der Waals surface area contributed by atoms with E-state index in [0.29, 0.717) is 17.9 Å². The first-order chi connectivity index (χ1) is 16.1. The van der Waals surface area contributed by atoms with Gasteiger partial charge in [0, 0.05) is 38.8 Å². The van der Waals surface area contributed by atoms with Gasteiger partial charge in [0.15, 0.2) is 0 Å². The molecule has 7 heteroatoms. The van der Waals surface area contributed by atoms with E-state index in [2.05, 4.69) is 38.8 Å². The Bertz CT molecular complexity index is 1100. The maximum atomic E-state index is 12.5. The van der Waals surface area contributed by atoms with E-state index < -0.39 is 5.97 Å². The van der Waals surface area contributed by atoms with Crippen molar-refractivity contribution in [2.75, 3.05) is 33.3 Å². The monoisotopic (exact) mass is 448 g/mol. The smallest absolute Gasteiger partial charge is 0.337 e. The Morgan fingerprint density at radius 2 is 1.58 bits per heavy atom. The van der Waals surface area contributed by atoms with Gasteiger partial charge in [0.05, 0.1) is 19.2 Å². The molecule has 0 atom stereocenters. The second-order valence-corrected chi connectivity index (χ2v) is 8.09. The number of benzene rings is 2. The van der Waals surface area contributed by atoms with Gasteiger partial charge >= 0.3 is 5.97 Å². The SMILES string of the molecule is COC(=O)c1ccc(COc2coc(CN3CCN(Cc4ccccc4)CC3)cc2=O)cc1. The molecule has 4 rings (SSSR count). The van der Waals surface area contributed by atoms with Crippen LogP contribution in [0.5, 0.6) is 5.75 Å². The van der Waals surface area contributed by atoms with Crippen LogP contribution in [0, 0.1) is 0 Å². The standard InChI is InChI=1S/C26H28N2O5/c1-31-26(30)22-9-7-21(8-10-22)18-33-25-19-32-23(15-24(25)29)17-28-13-11-27(12-14-28)16-20-5-3-2-4-6-20/h2-10,15,19H,11-14,16-18H2,1H3. The van der Waals surface area contributed by atoms with Crippen molar-refractivity contribution < 1.29 is 18.7 Å². The fourth-order valence-electron chi connectivity index (χ4n) is 3.81. The second-order valence-electron chi connectivity index (χ2n) is 8.09. The quantitative estimate of drug-likeness (QED) is 0.490. The molecule has 1 saturated heterocycles. The molecular weight excluding hydrogens is 420 g/mol. The zero-order valence-corrected chi connectivity index (χ0v) is 18.7. The number of rotatable bonds is 8. The van der Waals surface area contributed by atoms with E-state index in [1.165, 1.54) is 25.0 Å². The molecule has 7 nitrogen and oxygen atoms in total. The number of piperazine rings is 1. The van der Waals surface area contributed by atoms with E-state index in [9.17, 15) is 9.59 Å². The van der Waals surface area contributed by atoms with Crippen LogP contribution in [0.3, 0.4) is 0 Å². The summed E-state index contributed by atoms with van der Waals surface area (Å²) >= 11 is 0. The maximum absolute atomic E-state index is 12.5. The Labute approximate surface area is 193 Å². The van der Waals surface area contributed by atoms with Crippen LogP contribution in [0.25, 0.3) is 0 Å². The van der Waals surface area contributed by atoms with Crippen LogP contribution in [-0.2, 0) is 24.4 Å². The molecule has 172 valence electrons. The zero-order chi connectivity index (χ0) is 23.0. The van der Waals surface area contributed by atoms with E-state index in [1.807, 2.05) is 6.07 Å². The minimum Gasteiger partial charge on any atom is -0.482 e. The summed E-state index contributed by atoms with van der Waals surface area (Å²) in [7, 11) is 1.34. The molecule has 33 heavy (non-hydrogen) atoms. The minimum atomic E-state index is -0.392. The Balaban J connectivity index is 1.26. The highest BCUT2D eigenvalue weighted by Gasteiger charge is 2.18. The van der Waals surface area contributed by atoms with E-state index in [4.69, 9.17) is 9.15 Å². The summed E-state index contributed by atoms with van der Waals surface area (Å²) in [6, 6.07) is 18.8. The van der Waals surface area contributed by atoms with Crippen LogP contribution in [0.1, 0.15) is 27.2 Å². The summed E-state index contributed by atoms with van der Waals surface area (Å²) < 4.78 is 16.0. The highest BCUT2D eigenvalue weighted by Crippen LogP contribution is 2.14. The summed E-state index contributed by atoms with van der Waals surface area (Å²) in [6.45, 7) is 5.58. The van der Waals surface area contributed by atoms with Crippen LogP contribution in [-0.4, -0.2) is 49.1 Å². The number of carbonyl (C=O) groups excluding carboxylic acids is 1. The number of ether oxygens (including phenoxy) is 2. The maximum Gasteiger partial charge on any atom is 0.337 e. The minimum absolute atomic E-state index is 0.170. The third kappa shape index (κ3) is 6.31. The fourth-order valence-corrected chi connectivity index (χ4v) is 3.81. The summed E-state index contributed by atoms with van der Waals surface area (Å²) in [6.07, 6.45) is 1.38. The number of carbonyl (C=O) groups is 1. The molecule has 1 fully saturated rings. The number of hydrogen-bond donors (Lipinski definition) is 0. The Morgan fingerprint density at radius 1 is 0.909 bits per heavy atom. The average Bonchev–Trinajstić information content (AvgIpc) is 2.85. The van der Waals surface area contributed by atoms with Gasteiger partial charge in [-0.05, 0) is 23.3 Å². The van der Waals surface area contributed by atoms with Gasteiger partial charge in [0.2, 0.25) is 11.2 Å². The first-order valence-corrected chi connectivity index (χ1v) is 11.0. The summed E-state index contributed by atoms with van der Waals surface area (Å²) in [5, 5.41) is 0. The van der Waals surface area contributed by atoms with Crippen molar-refractivity contribution in [3.8, 4) is 5.75 Å². The molecule has 2 heterocycles. The molecule has 2 aromatic carbocycles. The number of methoxy groups -OCH3 is 1. The number of nitrogens with zero attached hydrogens (tertiary/aromatic N) is 2. The van der Waals surface area contributed by atoms with Crippen molar-refractivity contribution in [1.82, 2.24) is 9.80 Å². The lowest BCUT2D eigenvalue weighted by Gasteiger charge is -2.34. The molecule has 0 unspecified atom stereocenters. The van der Waals surface area contributed by atoms with Crippen molar-refractivity contribution in [2.24, 2.45) is 0 Å². The summed E-state index contributed by atoms with van der Waals surface area (Å²) in [5.74, 6) is 0.408. The van der Waals surface area contributed by atoms with Gasteiger partial charge in [-0.25, -0.2) is 4.79 Å². The fraction of sp³-hybridized carbons (Fsp3) is 0.308. The largest absolute Gasteiger partial charge is 0.482 e. The number of hydrogen-bond acceptors (Lipinski definition) is 7. The van der Waals surface area contributed by atoms with Gasteiger partial charge in [0.25, 0.3) is 0 Å². The van der Waals surface area contributed by atoms with E-state index in [-0.39, 0.29) is 17.8 Å². The van der Waals surface area contributed by atoms with Crippen LogP contribution in [0.15, 0.2) is 76.1 Å². The van der Waals surface area contributed by atoms with Crippen molar-refractivity contribution in [3.05, 3.63) is 99.6 Å². The zero-order valence-electron chi connectivity index (χ0n) is 18.7. The highest BCUT2D eigenvalue weighted by molar-refractivity contribution is 5.89. The van der Waals surface area contributed by atoms with Gasteiger partial charge in [-0.2, -0.15) is 0 Å². The third-order valence-electron chi connectivity index (χ3n) is 5.72. The van der Waals surface area contributed by atoms with Crippen LogP contribution < -0.4 is 10.2 Å². The van der Waals surface area contributed by atoms with E-state index >= 15 is 0 Å². The lowest BCUT2D eigenvalue weighted by Crippen LogP contribution is -2.45. The molecule has 1 aliphatic rings. The Kier molecular flexibility index (Phi) is 7.55. The average molecular weight is 449 g/mol. The van der Waals surface area contributed by atoms with Gasteiger partial charge in [-0.3, -0.25) is 14.6 Å². The molecule has 0 spiro atoms. The van der Waals surface area contributed by atoms with Crippen LogP contribution in [0.2, 0.25) is 0 Å². The number of esters is 1. The van der Waals surface area contributed by atoms with Crippen molar-refractivity contribution in [1.29, 1.82) is 0 Å². The van der Waals surface area contributed by atoms with E-state index in [0.717, 1.165) is 38.3 Å². The molecule has 0 saturated carbocycles. The predicted molar refractivity (Wildman–Crippen MR) is 124 cm³/mol. The molecule has 0 N–H and O–H groups in total. The first kappa shape index (κ1) is 22.8. The Morgan fingerprint density at radius 3 is 2.21 bits per heavy atom. The van der Waals surface area contributed by atoms with Crippen molar-refractivity contribution >= 4 is 5.97 Å². The van der Waals surface area contributed by atoms with Gasteiger partial charge in [0.1, 0.15) is 18.6 Å². The molecule has 0 radical (unpaired) electrons. The summed E-state index contributed by atoms with van der Waals surface area (Å²) in [4.78, 5) is 28.7. The van der Waals surface area contributed by atoms with Crippen molar-refractivity contribution in [2.45, 2.75) is 19.7 Å².